The van der Waals surface area contributed by atoms with Crippen LogP contribution in [0.5, 0.6) is 0 Å². The first kappa shape index (κ1) is 10.2. The zero-order valence-corrected chi connectivity index (χ0v) is 9.84. The zero-order valence-electron chi connectivity index (χ0n) is 9.03. The Kier molecular flexibility index (Phi) is 2.73. The van der Waals surface area contributed by atoms with E-state index in [0.717, 1.165) is 11.7 Å². The van der Waals surface area contributed by atoms with Crippen molar-refractivity contribution in [2.45, 2.75) is 20.4 Å². The van der Waals surface area contributed by atoms with Crippen LogP contribution in [0.25, 0.3) is 11.3 Å². The highest BCUT2D eigenvalue weighted by atomic mass is 32.1. The van der Waals surface area contributed by atoms with Crippen molar-refractivity contribution in [2.75, 3.05) is 5.73 Å². The summed E-state index contributed by atoms with van der Waals surface area (Å²) in [7, 11) is 0. The number of rotatable bonds is 2. The molecule has 0 bridgehead atoms. The molecule has 1 heterocycles. The van der Waals surface area contributed by atoms with Gasteiger partial charge < -0.3 is 0 Å². The SMILES string of the molecule is CC[n+]1c(N)sc(C)c1-c1ccccc1. The Hall–Kier alpha value is -1.35. The number of benzene rings is 1. The van der Waals surface area contributed by atoms with E-state index >= 15 is 0 Å². The Bertz CT molecular complexity index is 460. The largest absolute Gasteiger partial charge is 0.332 e. The molecule has 15 heavy (non-hydrogen) atoms. The first-order valence-corrected chi connectivity index (χ1v) is 5.89. The topological polar surface area (TPSA) is 29.9 Å². The lowest BCUT2D eigenvalue weighted by molar-refractivity contribution is -0.664. The average molecular weight is 219 g/mol. The lowest BCUT2D eigenvalue weighted by Crippen LogP contribution is -2.35. The third-order valence-corrected chi connectivity index (χ3v) is 3.42. The molecule has 0 fully saturated rings. The van der Waals surface area contributed by atoms with Crippen LogP contribution in [-0.2, 0) is 6.54 Å². The molecular weight excluding hydrogens is 204 g/mol. The molecule has 0 unspecified atom stereocenters. The molecule has 0 saturated heterocycles. The van der Waals surface area contributed by atoms with Gasteiger partial charge in [-0.2, -0.15) is 0 Å². The van der Waals surface area contributed by atoms with Crippen LogP contribution in [0.4, 0.5) is 5.13 Å². The number of thiazole rings is 1. The molecular formula is C12H15N2S+. The summed E-state index contributed by atoms with van der Waals surface area (Å²) in [6, 6.07) is 10.4. The maximum Gasteiger partial charge on any atom is 0.332 e. The van der Waals surface area contributed by atoms with Crippen LogP contribution in [0, 0.1) is 6.92 Å². The number of aromatic nitrogens is 1. The van der Waals surface area contributed by atoms with Gasteiger partial charge in [-0.25, -0.2) is 4.57 Å². The lowest BCUT2D eigenvalue weighted by Gasteiger charge is -2.01. The highest BCUT2D eigenvalue weighted by Crippen LogP contribution is 2.26. The molecule has 2 nitrogen and oxygen atoms in total. The molecule has 2 rings (SSSR count). The number of aryl methyl sites for hydroxylation is 1. The zero-order chi connectivity index (χ0) is 10.8. The van der Waals surface area contributed by atoms with Gasteiger partial charge in [-0.15, -0.1) is 0 Å². The van der Waals surface area contributed by atoms with Crippen molar-refractivity contribution >= 4 is 16.5 Å². The molecule has 1 aromatic heterocycles. The van der Waals surface area contributed by atoms with Crippen LogP contribution >= 0.6 is 11.3 Å². The van der Waals surface area contributed by atoms with Crippen molar-refractivity contribution in [3.8, 4) is 11.3 Å². The summed E-state index contributed by atoms with van der Waals surface area (Å²) in [5.41, 5.74) is 8.46. The van der Waals surface area contributed by atoms with E-state index in [4.69, 9.17) is 5.73 Å². The smallest absolute Gasteiger partial charge is 0.278 e. The average Bonchev–Trinajstić information content (AvgIpc) is 2.54. The summed E-state index contributed by atoms with van der Waals surface area (Å²) < 4.78 is 2.16. The fourth-order valence-electron chi connectivity index (χ4n) is 1.83. The fraction of sp³-hybridized carbons (Fsp3) is 0.250. The van der Waals surface area contributed by atoms with Crippen molar-refractivity contribution in [1.82, 2.24) is 0 Å². The molecule has 0 radical (unpaired) electrons. The number of nitrogens with two attached hydrogens (primary N) is 1. The van der Waals surface area contributed by atoms with Crippen LogP contribution < -0.4 is 10.3 Å². The van der Waals surface area contributed by atoms with E-state index in [1.807, 2.05) is 6.07 Å². The number of nitrogen functional groups attached to an aromatic ring is 1. The first-order chi connectivity index (χ1) is 7.24. The van der Waals surface area contributed by atoms with Crippen LogP contribution in [0.15, 0.2) is 30.3 Å². The third kappa shape index (κ3) is 1.75. The van der Waals surface area contributed by atoms with E-state index in [-0.39, 0.29) is 0 Å². The van der Waals surface area contributed by atoms with Crippen LogP contribution in [0.3, 0.4) is 0 Å². The number of hydrogen-bond donors (Lipinski definition) is 1. The van der Waals surface area contributed by atoms with E-state index in [2.05, 4.69) is 42.7 Å². The van der Waals surface area contributed by atoms with Gasteiger partial charge in [0.25, 0.3) is 0 Å². The molecule has 0 amide bonds. The maximum atomic E-state index is 5.97. The van der Waals surface area contributed by atoms with Crippen LogP contribution in [0.1, 0.15) is 11.8 Å². The minimum Gasteiger partial charge on any atom is -0.278 e. The predicted molar refractivity (Wildman–Crippen MR) is 64.8 cm³/mol. The van der Waals surface area contributed by atoms with Crippen molar-refractivity contribution in [2.24, 2.45) is 0 Å². The molecule has 2 N–H and O–H groups in total. The Balaban J connectivity index is 2.62. The van der Waals surface area contributed by atoms with E-state index < -0.39 is 0 Å². The highest BCUT2D eigenvalue weighted by molar-refractivity contribution is 7.15. The molecule has 0 aliphatic heterocycles. The van der Waals surface area contributed by atoms with Gasteiger partial charge in [0, 0.05) is 5.56 Å². The molecule has 0 atom stereocenters. The normalized spacial score (nSPS) is 10.5. The van der Waals surface area contributed by atoms with Gasteiger partial charge in [0.05, 0.1) is 11.4 Å². The van der Waals surface area contributed by atoms with Gasteiger partial charge in [-0.1, -0.05) is 41.7 Å². The van der Waals surface area contributed by atoms with Gasteiger partial charge in [0.1, 0.15) is 5.69 Å². The van der Waals surface area contributed by atoms with E-state index in [9.17, 15) is 0 Å². The monoisotopic (exact) mass is 219 g/mol. The molecule has 78 valence electrons. The van der Waals surface area contributed by atoms with Crippen LogP contribution in [0.2, 0.25) is 0 Å². The maximum absolute atomic E-state index is 5.97. The van der Waals surface area contributed by atoms with Crippen LogP contribution in [-0.4, -0.2) is 0 Å². The minimum absolute atomic E-state index is 0.883. The van der Waals surface area contributed by atoms with Gasteiger partial charge in [0.2, 0.25) is 0 Å². The summed E-state index contributed by atoms with van der Waals surface area (Å²) >= 11 is 1.66. The molecule has 0 aliphatic rings. The fourth-order valence-corrected chi connectivity index (χ4v) is 2.80. The Labute approximate surface area is 94.0 Å². The van der Waals surface area contributed by atoms with E-state index in [0.29, 0.717) is 0 Å². The second-order valence-corrected chi connectivity index (χ2v) is 4.69. The number of anilines is 1. The van der Waals surface area contributed by atoms with Crippen molar-refractivity contribution in [1.29, 1.82) is 0 Å². The highest BCUT2D eigenvalue weighted by Gasteiger charge is 2.18. The second-order valence-electron chi connectivity index (χ2n) is 3.46. The van der Waals surface area contributed by atoms with Crippen molar-refractivity contribution in [3.05, 3.63) is 35.2 Å². The molecule has 2 aromatic rings. The molecule has 3 heteroatoms. The Morgan fingerprint density at radius 3 is 2.53 bits per heavy atom. The van der Waals surface area contributed by atoms with Gasteiger partial charge in [-0.3, -0.25) is 5.73 Å². The van der Waals surface area contributed by atoms with Gasteiger partial charge in [-0.05, 0) is 13.8 Å². The van der Waals surface area contributed by atoms with Gasteiger partial charge >= 0.3 is 5.13 Å². The summed E-state index contributed by atoms with van der Waals surface area (Å²) in [6.45, 7) is 5.16. The van der Waals surface area contributed by atoms with E-state index in [1.165, 1.54) is 16.1 Å². The predicted octanol–water partition coefficient (Wildman–Crippen LogP) is 2.61. The summed E-state index contributed by atoms with van der Waals surface area (Å²) in [5, 5.41) is 0.883. The Morgan fingerprint density at radius 2 is 1.93 bits per heavy atom. The molecule has 0 spiro atoms. The lowest BCUT2D eigenvalue weighted by atomic mass is 10.1. The standard InChI is InChI=1S/C12H14N2S/c1-3-14-11(9(2)15-12(14)13)10-7-5-4-6-8-10/h4-8,13H,3H2,1-2H3/p+1. The molecule has 1 aromatic carbocycles. The molecule has 0 aliphatic carbocycles. The third-order valence-electron chi connectivity index (χ3n) is 2.49. The van der Waals surface area contributed by atoms with Crippen molar-refractivity contribution in [3.63, 3.8) is 0 Å². The van der Waals surface area contributed by atoms with Gasteiger partial charge in [0.15, 0.2) is 0 Å². The number of hydrogen-bond acceptors (Lipinski definition) is 2. The summed E-state index contributed by atoms with van der Waals surface area (Å²) in [6.07, 6.45) is 0. The summed E-state index contributed by atoms with van der Waals surface area (Å²) in [5.74, 6) is 0. The number of nitrogens with zero attached hydrogens (tertiary/aromatic N) is 1. The van der Waals surface area contributed by atoms with Crippen molar-refractivity contribution < 1.29 is 4.57 Å². The second kappa shape index (κ2) is 4.03. The summed E-state index contributed by atoms with van der Waals surface area (Å²) in [4.78, 5) is 1.28. The van der Waals surface area contributed by atoms with E-state index in [1.54, 1.807) is 11.3 Å². The first-order valence-electron chi connectivity index (χ1n) is 5.08. The quantitative estimate of drug-likeness (QED) is 0.773. The molecule has 0 saturated carbocycles. The Morgan fingerprint density at radius 1 is 1.27 bits per heavy atom. The minimum atomic E-state index is 0.883.